The Morgan fingerprint density at radius 1 is 1.33 bits per heavy atom. The Hall–Kier alpha value is -1.49. The van der Waals surface area contributed by atoms with E-state index < -0.39 is 5.97 Å². The summed E-state index contributed by atoms with van der Waals surface area (Å²) >= 11 is 1.53. The summed E-state index contributed by atoms with van der Waals surface area (Å²) in [5, 5.41) is 11.5. The summed E-state index contributed by atoms with van der Waals surface area (Å²) in [6.45, 7) is 5.98. The molecule has 5 heteroatoms. The molecule has 1 unspecified atom stereocenters. The summed E-state index contributed by atoms with van der Waals surface area (Å²) < 4.78 is 0. The van der Waals surface area contributed by atoms with Gasteiger partial charge in [0, 0.05) is 17.4 Å². The number of amides is 1. The van der Waals surface area contributed by atoms with Crippen LogP contribution in [0.25, 0.3) is 0 Å². The Labute approximate surface area is 130 Å². The molecule has 4 nitrogen and oxygen atoms in total. The lowest BCUT2D eigenvalue weighted by Gasteiger charge is -2.13. The molecule has 0 saturated carbocycles. The Bertz CT molecular complexity index is 502. The van der Waals surface area contributed by atoms with E-state index in [9.17, 15) is 9.59 Å². The van der Waals surface area contributed by atoms with Crippen LogP contribution in [0.5, 0.6) is 0 Å². The van der Waals surface area contributed by atoms with Crippen LogP contribution in [-0.2, 0) is 9.59 Å². The van der Waals surface area contributed by atoms with E-state index in [0.717, 1.165) is 4.90 Å². The molecule has 0 aromatic heterocycles. The minimum atomic E-state index is -0.793. The highest BCUT2D eigenvalue weighted by Gasteiger charge is 2.09. The third-order valence-electron chi connectivity index (χ3n) is 3.14. The van der Waals surface area contributed by atoms with E-state index in [1.807, 2.05) is 20.8 Å². The highest BCUT2D eigenvalue weighted by molar-refractivity contribution is 8.00. The van der Waals surface area contributed by atoms with Crippen LogP contribution in [0, 0.1) is 13.8 Å². The first-order valence-corrected chi connectivity index (χ1v) is 8.08. The lowest BCUT2D eigenvalue weighted by atomic mass is 10.1. The summed E-state index contributed by atoms with van der Waals surface area (Å²) in [6.07, 6.45) is 1.42. The highest BCUT2D eigenvalue weighted by atomic mass is 32.2. The van der Waals surface area contributed by atoms with Crippen molar-refractivity contribution in [1.82, 2.24) is 5.32 Å². The predicted molar refractivity (Wildman–Crippen MR) is 85.7 cm³/mol. The second-order valence-electron chi connectivity index (χ2n) is 5.31. The molecule has 1 rings (SSSR count). The molecule has 0 aliphatic carbocycles. The van der Waals surface area contributed by atoms with Crippen molar-refractivity contribution in [3.05, 3.63) is 29.3 Å². The van der Waals surface area contributed by atoms with Gasteiger partial charge in [-0.25, -0.2) is 0 Å². The zero-order chi connectivity index (χ0) is 15.8. The summed E-state index contributed by atoms with van der Waals surface area (Å²) in [5.41, 5.74) is 2.36. The molecule has 116 valence electrons. The minimum absolute atomic E-state index is 0.0102. The van der Waals surface area contributed by atoms with Gasteiger partial charge in [-0.05, 0) is 45.2 Å². The number of carbonyl (C=O) groups excluding carboxylic acids is 1. The smallest absolute Gasteiger partial charge is 0.303 e. The first kappa shape index (κ1) is 17.6. The summed E-state index contributed by atoms with van der Waals surface area (Å²) in [6, 6.07) is 6.22. The molecule has 1 atom stereocenters. The molecule has 0 radical (unpaired) electrons. The Kier molecular flexibility index (Phi) is 7.29. The zero-order valence-corrected chi connectivity index (χ0v) is 13.6. The topological polar surface area (TPSA) is 66.4 Å². The van der Waals surface area contributed by atoms with Gasteiger partial charge in [-0.1, -0.05) is 17.7 Å². The molecule has 21 heavy (non-hydrogen) atoms. The molecule has 0 aliphatic heterocycles. The molecular weight excluding hydrogens is 286 g/mol. The van der Waals surface area contributed by atoms with Crippen LogP contribution in [0.15, 0.2) is 23.1 Å². The average Bonchev–Trinajstić information content (AvgIpc) is 2.39. The normalized spacial score (nSPS) is 12.0. The maximum absolute atomic E-state index is 11.9. The fourth-order valence-corrected chi connectivity index (χ4v) is 2.89. The maximum atomic E-state index is 11.9. The van der Waals surface area contributed by atoms with Crippen LogP contribution >= 0.6 is 11.8 Å². The molecule has 0 fully saturated rings. The molecule has 0 saturated heterocycles. The standard InChI is InChI=1S/C16H23NO3S/c1-11-7-8-12(2)14(9-11)21-10-15(18)17-13(3)5-4-6-16(19)20/h7-9,13H,4-6,10H2,1-3H3,(H,17,18)(H,19,20). The monoisotopic (exact) mass is 309 g/mol. The molecule has 1 amide bonds. The number of carboxylic acids is 1. The van der Waals surface area contributed by atoms with Gasteiger partial charge >= 0.3 is 5.97 Å². The summed E-state index contributed by atoms with van der Waals surface area (Å²) in [5.74, 6) is -0.421. The fourth-order valence-electron chi connectivity index (χ4n) is 1.95. The van der Waals surface area contributed by atoms with E-state index >= 15 is 0 Å². The number of aryl methyl sites for hydroxylation is 2. The molecule has 1 aromatic carbocycles. The van der Waals surface area contributed by atoms with Gasteiger partial charge < -0.3 is 10.4 Å². The quantitative estimate of drug-likeness (QED) is 0.724. The third-order valence-corrected chi connectivity index (χ3v) is 4.29. The van der Waals surface area contributed by atoms with Gasteiger partial charge in [0.2, 0.25) is 5.91 Å². The van der Waals surface area contributed by atoms with Gasteiger partial charge in [0.1, 0.15) is 0 Å². The van der Waals surface area contributed by atoms with Gasteiger partial charge in [0.15, 0.2) is 0 Å². The fraction of sp³-hybridized carbons (Fsp3) is 0.500. The maximum Gasteiger partial charge on any atom is 0.303 e. The number of thioether (sulfide) groups is 1. The Morgan fingerprint density at radius 2 is 2.05 bits per heavy atom. The van der Waals surface area contributed by atoms with Crippen LogP contribution in [0.2, 0.25) is 0 Å². The van der Waals surface area contributed by atoms with Crippen molar-refractivity contribution < 1.29 is 14.7 Å². The summed E-state index contributed by atoms with van der Waals surface area (Å²) in [7, 11) is 0. The molecule has 1 aromatic rings. The Balaban J connectivity index is 2.33. The van der Waals surface area contributed by atoms with Crippen molar-refractivity contribution in [3.8, 4) is 0 Å². The van der Waals surface area contributed by atoms with Gasteiger partial charge in [-0.15, -0.1) is 11.8 Å². The molecule has 0 aliphatic rings. The first-order valence-electron chi connectivity index (χ1n) is 7.09. The lowest BCUT2D eigenvalue weighted by Crippen LogP contribution is -2.33. The number of nitrogens with one attached hydrogen (secondary N) is 1. The van der Waals surface area contributed by atoms with Gasteiger partial charge in [0.25, 0.3) is 0 Å². The molecule has 0 bridgehead atoms. The molecule has 0 heterocycles. The van der Waals surface area contributed by atoms with Crippen LogP contribution in [0.4, 0.5) is 0 Å². The number of hydrogen-bond donors (Lipinski definition) is 2. The zero-order valence-electron chi connectivity index (χ0n) is 12.8. The van der Waals surface area contributed by atoms with Crippen LogP contribution in [-0.4, -0.2) is 28.8 Å². The van der Waals surface area contributed by atoms with Crippen molar-refractivity contribution in [3.63, 3.8) is 0 Å². The summed E-state index contributed by atoms with van der Waals surface area (Å²) in [4.78, 5) is 23.4. The van der Waals surface area contributed by atoms with Gasteiger partial charge in [-0.3, -0.25) is 9.59 Å². The van der Waals surface area contributed by atoms with Gasteiger partial charge in [-0.2, -0.15) is 0 Å². The van der Waals surface area contributed by atoms with Crippen LogP contribution < -0.4 is 5.32 Å². The minimum Gasteiger partial charge on any atom is -0.481 e. The van der Waals surface area contributed by atoms with Crippen LogP contribution in [0.1, 0.15) is 37.3 Å². The number of rotatable bonds is 8. The molecule has 2 N–H and O–H groups in total. The van der Waals surface area contributed by atoms with Crippen molar-refractivity contribution in [1.29, 1.82) is 0 Å². The van der Waals surface area contributed by atoms with E-state index in [2.05, 4.69) is 23.5 Å². The SMILES string of the molecule is Cc1ccc(C)c(SCC(=O)NC(C)CCCC(=O)O)c1. The highest BCUT2D eigenvalue weighted by Crippen LogP contribution is 2.23. The third kappa shape index (κ3) is 7.18. The Morgan fingerprint density at radius 3 is 2.71 bits per heavy atom. The van der Waals surface area contributed by atoms with E-state index in [1.165, 1.54) is 22.9 Å². The lowest BCUT2D eigenvalue weighted by molar-refractivity contribution is -0.137. The second-order valence-corrected chi connectivity index (χ2v) is 6.33. The first-order chi connectivity index (χ1) is 9.88. The largest absolute Gasteiger partial charge is 0.481 e. The number of aliphatic carboxylic acids is 1. The van der Waals surface area contributed by atoms with Crippen molar-refractivity contribution in [2.45, 2.75) is 51.0 Å². The van der Waals surface area contributed by atoms with Crippen molar-refractivity contribution in [2.24, 2.45) is 0 Å². The van der Waals surface area contributed by atoms with E-state index in [-0.39, 0.29) is 18.4 Å². The van der Waals surface area contributed by atoms with Gasteiger partial charge in [0.05, 0.1) is 5.75 Å². The van der Waals surface area contributed by atoms with E-state index in [4.69, 9.17) is 5.11 Å². The number of carbonyl (C=O) groups is 2. The van der Waals surface area contributed by atoms with Crippen LogP contribution in [0.3, 0.4) is 0 Å². The second kappa shape index (κ2) is 8.72. The molecule has 0 spiro atoms. The van der Waals surface area contributed by atoms with Crippen molar-refractivity contribution >= 4 is 23.6 Å². The van der Waals surface area contributed by atoms with Crippen molar-refractivity contribution in [2.75, 3.05) is 5.75 Å². The average molecular weight is 309 g/mol. The molecular formula is C16H23NO3S. The number of benzene rings is 1. The van der Waals surface area contributed by atoms with E-state index in [0.29, 0.717) is 18.6 Å². The number of carboxylic acid groups (broad SMARTS) is 1. The van der Waals surface area contributed by atoms with E-state index in [1.54, 1.807) is 0 Å². The number of hydrogen-bond acceptors (Lipinski definition) is 3. The predicted octanol–water partition coefficient (Wildman–Crippen LogP) is 3.16.